The first-order chi connectivity index (χ1) is 11.6. The Balaban J connectivity index is 1.55. The van der Waals surface area contributed by atoms with Crippen molar-refractivity contribution in [3.8, 4) is 11.5 Å². The third-order valence-electron chi connectivity index (χ3n) is 4.18. The molecule has 1 atom stereocenters. The van der Waals surface area contributed by atoms with Crippen molar-refractivity contribution >= 4 is 17.2 Å². The van der Waals surface area contributed by atoms with Gasteiger partial charge >= 0.3 is 0 Å². The van der Waals surface area contributed by atoms with Crippen LogP contribution in [0.15, 0.2) is 41.8 Å². The van der Waals surface area contributed by atoms with Crippen molar-refractivity contribution in [1.29, 1.82) is 0 Å². The second-order valence-electron chi connectivity index (χ2n) is 5.89. The fourth-order valence-electron chi connectivity index (χ4n) is 2.68. The number of carbonyl (C=O) groups is 1. The minimum absolute atomic E-state index is 0.119. The SMILES string of the molecule is COc1ccccc1OCC(=O)NC[C@@](O)(c1cccs1)C1CC1. The van der Waals surface area contributed by atoms with Crippen LogP contribution in [-0.4, -0.2) is 31.3 Å². The van der Waals surface area contributed by atoms with Crippen LogP contribution in [0, 0.1) is 5.92 Å². The van der Waals surface area contributed by atoms with Crippen LogP contribution in [-0.2, 0) is 10.4 Å². The van der Waals surface area contributed by atoms with Gasteiger partial charge in [-0.1, -0.05) is 18.2 Å². The molecule has 0 aliphatic heterocycles. The van der Waals surface area contributed by atoms with Crippen LogP contribution in [0.25, 0.3) is 0 Å². The Morgan fingerprint density at radius 1 is 1.29 bits per heavy atom. The fourth-order valence-corrected chi connectivity index (χ4v) is 3.59. The zero-order chi connectivity index (χ0) is 17.0. The molecule has 1 aromatic heterocycles. The number of rotatable bonds is 8. The summed E-state index contributed by atoms with van der Waals surface area (Å²) in [5, 5.41) is 15.7. The predicted molar refractivity (Wildman–Crippen MR) is 92.4 cm³/mol. The molecular weight excluding hydrogens is 326 g/mol. The largest absolute Gasteiger partial charge is 0.493 e. The molecule has 0 saturated heterocycles. The number of hydrogen-bond donors (Lipinski definition) is 2. The smallest absolute Gasteiger partial charge is 0.258 e. The van der Waals surface area contributed by atoms with E-state index in [9.17, 15) is 9.90 Å². The maximum Gasteiger partial charge on any atom is 0.258 e. The highest BCUT2D eigenvalue weighted by atomic mass is 32.1. The van der Waals surface area contributed by atoms with Crippen LogP contribution in [0.5, 0.6) is 11.5 Å². The van der Waals surface area contributed by atoms with Gasteiger partial charge in [-0.3, -0.25) is 4.79 Å². The molecule has 5 nitrogen and oxygen atoms in total. The lowest BCUT2D eigenvalue weighted by atomic mass is 9.95. The van der Waals surface area contributed by atoms with Gasteiger partial charge in [0.2, 0.25) is 0 Å². The van der Waals surface area contributed by atoms with E-state index < -0.39 is 5.60 Å². The van der Waals surface area contributed by atoms with E-state index in [1.807, 2.05) is 29.6 Å². The molecule has 0 bridgehead atoms. The number of nitrogens with one attached hydrogen (secondary N) is 1. The van der Waals surface area contributed by atoms with E-state index in [4.69, 9.17) is 9.47 Å². The first-order valence-corrected chi connectivity index (χ1v) is 8.80. The van der Waals surface area contributed by atoms with Gasteiger partial charge in [0, 0.05) is 4.88 Å². The standard InChI is InChI=1S/C18H21NO4S/c1-22-14-5-2-3-6-15(14)23-11-17(20)19-12-18(21,13-8-9-13)16-7-4-10-24-16/h2-7,10,13,21H,8-9,11-12H2,1H3,(H,19,20)/t18-/m0/s1. The monoisotopic (exact) mass is 347 g/mol. The van der Waals surface area contributed by atoms with Crippen LogP contribution in [0.3, 0.4) is 0 Å². The molecule has 1 aliphatic rings. The first kappa shape index (κ1) is 16.8. The first-order valence-electron chi connectivity index (χ1n) is 7.92. The summed E-state index contributed by atoms with van der Waals surface area (Å²) in [7, 11) is 1.55. The summed E-state index contributed by atoms with van der Waals surface area (Å²) in [4.78, 5) is 13.0. The normalized spacial score (nSPS) is 16.2. The molecule has 0 spiro atoms. The molecule has 1 saturated carbocycles. The Bertz CT molecular complexity index is 684. The molecule has 1 aliphatic carbocycles. The van der Waals surface area contributed by atoms with E-state index in [2.05, 4.69) is 5.32 Å². The van der Waals surface area contributed by atoms with Gasteiger partial charge in [0.25, 0.3) is 5.91 Å². The van der Waals surface area contributed by atoms with Gasteiger partial charge in [-0.25, -0.2) is 0 Å². The third-order valence-corrected chi connectivity index (χ3v) is 5.22. The molecule has 1 aromatic carbocycles. The van der Waals surface area contributed by atoms with Gasteiger partial charge in [0.15, 0.2) is 18.1 Å². The van der Waals surface area contributed by atoms with Gasteiger partial charge in [0.05, 0.1) is 13.7 Å². The molecule has 6 heteroatoms. The van der Waals surface area contributed by atoms with Gasteiger partial charge in [-0.05, 0) is 42.3 Å². The summed E-state index contributed by atoms with van der Waals surface area (Å²) in [6.07, 6.45) is 1.98. The third kappa shape index (κ3) is 3.71. The van der Waals surface area contributed by atoms with Gasteiger partial charge in [-0.2, -0.15) is 0 Å². The highest BCUT2D eigenvalue weighted by Gasteiger charge is 2.45. The summed E-state index contributed by atoms with van der Waals surface area (Å²) in [5.41, 5.74) is -0.978. The molecule has 2 N–H and O–H groups in total. The summed E-state index contributed by atoms with van der Waals surface area (Å²) in [5.74, 6) is 1.05. The van der Waals surface area contributed by atoms with Crippen LogP contribution in [0.2, 0.25) is 0 Å². The molecule has 1 amide bonds. The molecule has 0 unspecified atom stereocenters. The van der Waals surface area contributed by atoms with Crippen molar-refractivity contribution in [3.63, 3.8) is 0 Å². The Labute approximate surface area is 145 Å². The number of carbonyl (C=O) groups excluding carboxylic acids is 1. The molecule has 2 aromatic rings. The number of thiophene rings is 1. The number of amides is 1. The van der Waals surface area contributed by atoms with Crippen molar-refractivity contribution in [1.82, 2.24) is 5.32 Å². The Morgan fingerprint density at radius 3 is 2.67 bits per heavy atom. The van der Waals surface area contributed by atoms with Crippen molar-refractivity contribution in [2.24, 2.45) is 5.92 Å². The number of para-hydroxylation sites is 2. The zero-order valence-corrected chi connectivity index (χ0v) is 14.3. The summed E-state index contributed by atoms with van der Waals surface area (Å²) < 4.78 is 10.7. The second-order valence-corrected chi connectivity index (χ2v) is 6.84. The number of benzene rings is 1. The lowest BCUT2D eigenvalue weighted by Crippen LogP contribution is -2.43. The quantitative estimate of drug-likeness (QED) is 0.770. The van der Waals surface area contributed by atoms with E-state index in [0.29, 0.717) is 11.5 Å². The summed E-state index contributed by atoms with van der Waals surface area (Å²) in [6, 6.07) is 11.0. The van der Waals surface area contributed by atoms with E-state index in [1.165, 1.54) is 11.3 Å². The van der Waals surface area contributed by atoms with E-state index in [1.54, 1.807) is 19.2 Å². The van der Waals surface area contributed by atoms with Crippen LogP contribution >= 0.6 is 11.3 Å². The molecule has 24 heavy (non-hydrogen) atoms. The van der Waals surface area contributed by atoms with Gasteiger partial charge in [0.1, 0.15) is 5.60 Å². The lowest BCUT2D eigenvalue weighted by molar-refractivity contribution is -0.124. The molecule has 3 rings (SSSR count). The average Bonchev–Trinajstić information content (AvgIpc) is 3.33. The maximum atomic E-state index is 12.1. The Kier molecular flexibility index (Phi) is 5.06. The Morgan fingerprint density at radius 2 is 2.04 bits per heavy atom. The van der Waals surface area contributed by atoms with Crippen molar-refractivity contribution in [3.05, 3.63) is 46.7 Å². The minimum Gasteiger partial charge on any atom is -0.493 e. The van der Waals surface area contributed by atoms with E-state index in [0.717, 1.165) is 17.7 Å². The number of aliphatic hydroxyl groups is 1. The molecule has 1 heterocycles. The molecule has 0 radical (unpaired) electrons. The summed E-state index contributed by atoms with van der Waals surface area (Å²) in [6.45, 7) is 0.0812. The van der Waals surface area contributed by atoms with Crippen LogP contribution in [0.4, 0.5) is 0 Å². The highest BCUT2D eigenvalue weighted by molar-refractivity contribution is 7.10. The molecule has 128 valence electrons. The van der Waals surface area contributed by atoms with E-state index >= 15 is 0 Å². The minimum atomic E-state index is -0.978. The van der Waals surface area contributed by atoms with Crippen LogP contribution in [0.1, 0.15) is 17.7 Å². The van der Waals surface area contributed by atoms with Crippen LogP contribution < -0.4 is 14.8 Å². The molecule has 1 fully saturated rings. The van der Waals surface area contributed by atoms with Crippen molar-refractivity contribution < 1.29 is 19.4 Å². The van der Waals surface area contributed by atoms with E-state index in [-0.39, 0.29) is 25.0 Å². The average molecular weight is 347 g/mol. The number of hydrogen-bond acceptors (Lipinski definition) is 5. The maximum absolute atomic E-state index is 12.1. The van der Waals surface area contributed by atoms with Gasteiger partial charge in [-0.15, -0.1) is 11.3 Å². The predicted octanol–water partition coefficient (Wildman–Crippen LogP) is 2.55. The summed E-state index contributed by atoms with van der Waals surface area (Å²) >= 11 is 1.52. The fraction of sp³-hybridized carbons (Fsp3) is 0.389. The zero-order valence-electron chi connectivity index (χ0n) is 13.5. The Hall–Kier alpha value is -2.05. The number of ether oxygens (including phenoxy) is 2. The van der Waals surface area contributed by atoms with Gasteiger partial charge < -0.3 is 19.9 Å². The highest BCUT2D eigenvalue weighted by Crippen LogP contribution is 2.46. The topological polar surface area (TPSA) is 67.8 Å². The number of methoxy groups -OCH3 is 1. The van der Waals surface area contributed by atoms with Crippen molar-refractivity contribution in [2.75, 3.05) is 20.3 Å². The lowest BCUT2D eigenvalue weighted by Gasteiger charge is -2.27. The molecular formula is C18H21NO4S. The second kappa shape index (κ2) is 7.23. The van der Waals surface area contributed by atoms with Crippen molar-refractivity contribution in [2.45, 2.75) is 18.4 Å².